The number of hydrogen-bond acceptors (Lipinski definition) is 5. The Morgan fingerprint density at radius 3 is 2.96 bits per heavy atom. The number of nitrogens with one attached hydrogen (secondary N) is 1. The summed E-state index contributed by atoms with van der Waals surface area (Å²) >= 11 is 0. The molecule has 7 heteroatoms. The Balaban J connectivity index is 1.47. The highest BCUT2D eigenvalue weighted by Crippen LogP contribution is 2.28. The van der Waals surface area contributed by atoms with Gasteiger partial charge >= 0.3 is 0 Å². The number of methoxy groups -OCH3 is 1. The Kier molecular flexibility index (Phi) is 7.06. The molecule has 0 saturated heterocycles. The van der Waals surface area contributed by atoms with E-state index in [0.717, 1.165) is 36.6 Å². The van der Waals surface area contributed by atoms with Gasteiger partial charge in [-0.1, -0.05) is 24.6 Å². The van der Waals surface area contributed by atoms with Gasteiger partial charge in [-0.25, -0.2) is 0 Å². The fraction of sp³-hybridized carbons (Fsp3) is 0.476. The van der Waals surface area contributed by atoms with Gasteiger partial charge < -0.3 is 19.4 Å². The highest BCUT2D eigenvalue weighted by atomic mass is 16.5. The molecule has 0 bridgehead atoms. The molecule has 0 unspecified atom stereocenters. The lowest BCUT2D eigenvalue weighted by atomic mass is 10.2. The van der Waals surface area contributed by atoms with E-state index in [1.165, 1.54) is 12.8 Å². The van der Waals surface area contributed by atoms with Crippen molar-refractivity contribution in [2.75, 3.05) is 20.3 Å². The lowest BCUT2D eigenvalue weighted by Gasteiger charge is -2.12. The first-order valence-corrected chi connectivity index (χ1v) is 9.82. The minimum absolute atomic E-state index is 0.0583. The predicted molar refractivity (Wildman–Crippen MR) is 107 cm³/mol. The summed E-state index contributed by atoms with van der Waals surface area (Å²) in [4.78, 5) is 12.1. The molecule has 1 amide bonds. The van der Waals surface area contributed by atoms with E-state index in [1.807, 2.05) is 37.3 Å². The van der Waals surface area contributed by atoms with Crippen LogP contribution in [0.2, 0.25) is 0 Å². The maximum absolute atomic E-state index is 12.1. The lowest BCUT2D eigenvalue weighted by Crippen LogP contribution is -2.31. The van der Waals surface area contributed by atoms with E-state index in [1.54, 1.807) is 7.11 Å². The van der Waals surface area contributed by atoms with Crippen molar-refractivity contribution in [3.05, 3.63) is 41.5 Å². The van der Waals surface area contributed by atoms with E-state index in [2.05, 4.69) is 20.1 Å². The number of aromatic nitrogens is 3. The van der Waals surface area contributed by atoms with Gasteiger partial charge in [-0.05, 0) is 37.5 Å². The smallest absolute Gasteiger partial charge is 0.257 e. The van der Waals surface area contributed by atoms with Gasteiger partial charge in [0.15, 0.2) is 18.1 Å². The van der Waals surface area contributed by atoms with Crippen LogP contribution in [-0.2, 0) is 24.2 Å². The molecule has 0 aliphatic carbocycles. The van der Waals surface area contributed by atoms with Gasteiger partial charge in [-0.15, -0.1) is 10.2 Å². The van der Waals surface area contributed by atoms with Gasteiger partial charge in [0.2, 0.25) is 0 Å². The maximum atomic E-state index is 12.1. The molecule has 0 spiro atoms. The van der Waals surface area contributed by atoms with Gasteiger partial charge in [0.05, 0.1) is 7.11 Å². The zero-order chi connectivity index (χ0) is 19.8. The number of hydrogen-bond donors (Lipinski definition) is 1. The SMILES string of the molecule is C/C=C/c1ccc(OCC(=O)NCCc2nnc3n2CCCCC3)c(OC)c1. The van der Waals surface area contributed by atoms with Crippen molar-refractivity contribution >= 4 is 12.0 Å². The van der Waals surface area contributed by atoms with Gasteiger partial charge in [-0.2, -0.15) is 0 Å². The first-order chi connectivity index (χ1) is 13.7. The Morgan fingerprint density at radius 1 is 1.25 bits per heavy atom. The number of carbonyl (C=O) groups is 1. The summed E-state index contributed by atoms with van der Waals surface area (Å²) < 4.78 is 13.2. The van der Waals surface area contributed by atoms with Crippen LogP contribution in [0.25, 0.3) is 6.08 Å². The summed E-state index contributed by atoms with van der Waals surface area (Å²) in [7, 11) is 1.59. The molecule has 7 nitrogen and oxygen atoms in total. The second-order valence-electron chi connectivity index (χ2n) is 6.79. The third-order valence-corrected chi connectivity index (χ3v) is 4.76. The summed E-state index contributed by atoms with van der Waals surface area (Å²) in [5, 5.41) is 11.5. The maximum Gasteiger partial charge on any atom is 0.257 e. The molecule has 0 atom stereocenters. The molecule has 1 aromatic heterocycles. The van der Waals surface area contributed by atoms with Crippen LogP contribution in [-0.4, -0.2) is 40.9 Å². The minimum Gasteiger partial charge on any atom is -0.493 e. The number of rotatable bonds is 8. The molecular formula is C21H28N4O3. The van der Waals surface area contributed by atoms with Crippen LogP contribution < -0.4 is 14.8 Å². The number of nitrogens with zero attached hydrogens (tertiary/aromatic N) is 3. The molecule has 0 radical (unpaired) electrons. The van der Waals surface area contributed by atoms with Gasteiger partial charge in [0, 0.05) is 25.9 Å². The molecule has 150 valence electrons. The van der Waals surface area contributed by atoms with Crippen molar-refractivity contribution in [3.63, 3.8) is 0 Å². The van der Waals surface area contributed by atoms with Crippen LogP contribution in [0.3, 0.4) is 0 Å². The van der Waals surface area contributed by atoms with Crippen LogP contribution in [0.15, 0.2) is 24.3 Å². The molecule has 3 rings (SSSR count). The van der Waals surface area contributed by atoms with E-state index < -0.39 is 0 Å². The van der Waals surface area contributed by atoms with Gasteiger partial charge in [-0.3, -0.25) is 4.79 Å². The third kappa shape index (κ3) is 5.12. The number of aryl methyl sites for hydroxylation is 1. The van der Waals surface area contributed by atoms with Crippen molar-refractivity contribution < 1.29 is 14.3 Å². The number of amides is 1. The third-order valence-electron chi connectivity index (χ3n) is 4.76. The van der Waals surface area contributed by atoms with Crippen molar-refractivity contribution in [2.45, 2.75) is 45.6 Å². The summed E-state index contributed by atoms with van der Waals surface area (Å²) in [5.41, 5.74) is 1.02. The lowest BCUT2D eigenvalue weighted by molar-refractivity contribution is -0.123. The zero-order valence-corrected chi connectivity index (χ0v) is 16.6. The van der Waals surface area contributed by atoms with Gasteiger partial charge in [0.25, 0.3) is 5.91 Å². The van der Waals surface area contributed by atoms with Crippen LogP contribution in [0.1, 0.15) is 43.4 Å². The first kappa shape index (κ1) is 19.9. The highest BCUT2D eigenvalue weighted by Gasteiger charge is 2.14. The predicted octanol–water partition coefficient (Wildman–Crippen LogP) is 2.78. The highest BCUT2D eigenvalue weighted by molar-refractivity contribution is 5.77. The largest absolute Gasteiger partial charge is 0.493 e. The standard InChI is InChI=1S/C21H28N4O3/c1-3-7-16-9-10-17(18(14-16)27-2)28-15-21(26)22-12-11-20-24-23-19-8-5-4-6-13-25(19)20/h3,7,9-10,14H,4-6,8,11-13,15H2,1-2H3,(H,22,26)/b7-3+. The van der Waals surface area contributed by atoms with Crippen molar-refractivity contribution in [1.82, 2.24) is 20.1 Å². The fourth-order valence-corrected chi connectivity index (χ4v) is 3.34. The first-order valence-electron chi connectivity index (χ1n) is 9.82. The molecular weight excluding hydrogens is 356 g/mol. The molecule has 28 heavy (non-hydrogen) atoms. The van der Waals surface area contributed by atoms with Gasteiger partial charge in [0.1, 0.15) is 11.6 Å². The van der Waals surface area contributed by atoms with Crippen LogP contribution >= 0.6 is 0 Å². The molecule has 0 fully saturated rings. The van der Waals surface area contributed by atoms with Crippen molar-refractivity contribution in [2.24, 2.45) is 0 Å². The monoisotopic (exact) mass is 384 g/mol. The summed E-state index contributed by atoms with van der Waals surface area (Å²) in [6.45, 7) is 3.38. The Hall–Kier alpha value is -2.83. The Labute approximate surface area is 165 Å². The topological polar surface area (TPSA) is 78.3 Å². The number of fused-ring (bicyclic) bond motifs is 1. The van der Waals surface area contributed by atoms with Crippen LogP contribution in [0.4, 0.5) is 0 Å². The normalized spacial score (nSPS) is 13.8. The number of ether oxygens (including phenoxy) is 2. The molecule has 2 heterocycles. The van der Waals surface area contributed by atoms with E-state index in [9.17, 15) is 4.79 Å². The average Bonchev–Trinajstić information content (AvgIpc) is 2.93. The summed E-state index contributed by atoms with van der Waals surface area (Å²) in [6.07, 6.45) is 9.15. The molecule has 1 aliphatic rings. The summed E-state index contributed by atoms with van der Waals surface area (Å²) in [5.74, 6) is 2.99. The second-order valence-corrected chi connectivity index (χ2v) is 6.79. The quantitative estimate of drug-likeness (QED) is 0.757. The van der Waals surface area contributed by atoms with E-state index >= 15 is 0 Å². The van der Waals surface area contributed by atoms with Crippen LogP contribution in [0, 0.1) is 0 Å². The number of carbonyl (C=O) groups excluding carboxylic acids is 1. The minimum atomic E-state index is -0.171. The number of benzene rings is 1. The van der Waals surface area contributed by atoms with Crippen LogP contribution in [0.5, 0.6) is 11.5 Å². The van der Waals surface area contributed by atoms with Crippen molar-refractivity contribution in [3.8, 4) is 11.5 Å². The molecule has 2 aromatic rings. The van der Waals surface area contributed by atoms with Crippen molar-refractivity contribution in [1.29, 1.82) is 0 Å². The summed E-state index contributed by atoms with van der Waals surface area (Å²) in [6, 6.07) is 5.62. The van der Waals surface area contributed by atoms with E-state index in [4.69, 9.17) is 9.47 Å². The molecule has 1 aromatic carbocycles. The second kappa shape index (κ2) is 9.92. The average molecular weight is 384 g/mol. The Bertz CT molecular complexity index is 829. The Morgan fingerprint density at radius 2 is 2.14 bits per heavy atom. The van der Waals surface area contributed by atoms with E-state index in [-0.39, 0.29) is 12.5 Å². The number of allylic oxidation sites excluding steroid dienone is 1. The van der Waals surface area contributed by atoms with E-state index in [0.29, 0.717) is 24.5 Å². The molecule has 0 saturated carbocycles. The molecule has 1 aliphatic heterocycles. The fourth-order valence-electron chi connectivity index (χ4n) is 3.34. The zero-order valence-electron chi connectivity index (χ0n) is 16.6. The molecule has 1 N–H and O–H groups in total.